The minimum Gasteiger partial charge on any atom is -0.490 e. The standard InChI is InChI=1S/C26H21BrClIN2O3/c1-3-33-24-11-18(22(27)13-25(24)34-15-17-5-7-20(29)8-6-17)10-19(14-30)26(32)31-21-9-4-16(2)23(28)12-21/h4-13H,3,15H2,1-2H3,(H,31,32)/b19-10-. The van der Waals surface area contributed by atoms with Crippen LogP contribution in [0.15, 0.2) is 64.6 Å². The van der Waals surface area contributed by atoms with Gasteiger partial charge in [-0.2, -0.15) is 5.26 Å². The van der Waals surface area contributed by atoms with E-state index in [0.29, 0.717) is 45.5 Å². The van der Waals surface area contributed by atoms with Crippen molar-refractivity contribution in [3.63, 3.8) is 0 Å². The number of nitriles is 1. The molecule has 174 valence electrons. The highest BCUT2D eigenvalue weighted by atomic mass is 127. The van der Waals surface area contributed by atoms with Crippen LogP contribution < -0.4 is 14.8 Å². The van der Waals surface area contributed by atoms with Crippen LogP contribution in [-0.2, 0) is 11.4 Å². The van der Waals surface area contributed by atoms with E-state index in [1.165, 1.54) is 6.08 Å². The molecule has 5 nitrogen and oxygen atoms in total. The summed E-state index contributed by atoms with van der Waals surface area (Å²) in [5.74, 6) is 0.540. The lowest BCUT2D eigenvalue weighted by molar-refractivity contribution is -0.112. The fraction of sp³-hybridized carbons (Fsp3) is 0.154. The van der Waals surface area contributed by atoms with E-state index in [2.05, 4.69) is 43.8 Å². The van der Waals surface area contributed by atoms with Crippen LogP contribution in [0.3, 0.4) is 0 Å². The number of anilines is 1. The number of amides is 1. The third-order valence-electron chi connectivity index (χ3n) is 4.77. The van der Waals surface area contributed by atoms with Crippen molar-refractivity contribution in [2.75, 3.05) is 11.9 Å². The normalized spacial score (nSPS) is 11.0. The van der Waals surface area contributed by atoms with Crippen LogP contribution in [0.2, 0.25) is 5.02 Å². The van der Waals surface area contributed by atoms with Crippen molar-refractivity contribution in [2.24, 2.45) is 0 Å². The van der Waals surface area contributed by atoms with E-state index in [1.807, 2.05) is 44.2 Å². The Morgan fingerprint density at radius 1 is 1.15 bits per heavy atom. The second-order valence-electron chi connectivity index (χ2n) is 7.26. The van der Waals surface area contributed by atoms with E-state index >= 15 is 0 Å². The molecule has 0 aliphatic carbocycles. The maximum atomic E-state index is 12.7. The molecule has 0 aliphatic heterocycles. The molecule has 0 atom stereocenters. The lowest BCUT2D eigenvalue weighted by Crippen LogP contribution is -2.13. The van der Waals surface area contributed by atoms with Crippen molar-refractivity contribution >= 4 is 67.8 Å². The minimum absolute atomic E-state index is 0.0626. The van der Waals surface area contributed by atoms with Crippen molar-refractivity contribution in [3.8, 4) is 17.6 Å². The first-order valence-electron chi connectivity index (χ1n) is 10.3. The van der Waals surface area contributed by atoms with Crippen LogP contribution in [0.25, 0.3) is 6.08 Å². The van der Waals surface area contributed by atoms with Crippen molar-refractivity contribution in [1.82, 2.24) is 0 Å². The Morgan fingerprint density at radius 3 is 2.50 bits per heavy atom. The third kappa shape index (κ3) is 6.98. The van der Waals surface area contributed by atoms with Gasteiger partial charge in [-0.3, -0.25) is 4.79 Å². The van der Waals surface area contributed by atoms with E-state index in [4.69, 9.17) is 21.1 Å². The Kier molecular flexibility index (Phi) is 9.39. The van der Waals surface area contributed by atoms with Gasteiger partial charge in [0.15, 0.2) is 11.5 Å². The lowest BCUT2D eigenvalue weighted by atomic mass is 10.1. The molecule has 1 N–H and O–H groups in total. The molecular weight excluding hydrogens is 631 g/mol. The molecule has 3 aromatic rings. The van der Waals surface area contributed by atoms with Crippen LogP contribution in [0.1, 0.15) is 23.6 Å². The van der Waals surface area contributed by atoms with Crippen LogP contribution in [0, 0.1) is 21.8 Å². The third-order valence-corrected chi connectivity index (χ3v) is 6.58. The molecule has 0 saturated heterocycles. The van der Waals surface area contributed by atoms with Crippen LogP contribution in [0.4, 0.5) is 5.69 Å². The Balaban J connectivity index is 1.84. The molecule has 8 heteroatoms. The van der Waals surface area contributed by atoms with Crippen molar-refractivity contribution in [3.05, 3.63) is 89.9 Å². The number of hydrogen-bond acceptors (Lipinski definition) is 4. The summed E-state index contributed by atoms with van der Waals surface area (Å²) in [5.41, 5.74) is 2.98. The lowest BCUT2D eigenvalue weighted by Gasteiger charge is -2.14. The monoisotopic (exact) mass is 650 g/mol. The summed E-state index contributed by atoms with van der Waals surface area (Å²) in [5, 5.41) is 12.8. The molecule has 0 aromatic heterocycles. The predicted molar refractivity (Wildman–Crippen MR) is 147 cm³/mol. The largest absolute Gasteiger partial charge is 0.490 e. The van der Waals surface area contributed by atoms with Gasteiger partial charge in [0, 0.05) is 18.8 Å². The number of carbonyl (C=O) groups excluding carboxylic acids is 1. The average molecular weight is 652 g/mol. The molecule has 0 fully saturated rings. The zero-order chi connectivity index (χ0) is 24.7. The summed E-state index contributed by atoms with van der Waals surface area (Å²) < 4.78 is 13.6. The number of aryl methyl sites for hydroxylation is 1. The van der Waals surface area contributed by atoms with E-state index in [-0.39, 0.29) is 5.57 Å². The molecule has 0 unspecified atom stereocenters. The second kappa shape index (κ2) is 12.2. The zero-order valence-corrected chi connectivity index (χ0v) is 23.0. The van der Waals surface area contributed by atoms with Crippen LogP contribution in [0.5, 0.6) is 11.5 Å². The maximum Gasteiger partial charge on any atom is 0.266 e. The molecule has 0 radical (unpaired) electrons. The fourth-order valence-corrected chi connectivity index (χ4v) is 3.93. The van der Waals surface area contributed by atoms with Gasteiger partial charge in [0.25, 0.3) is 5.91 Å². The number of hydrogen-bond donors (Lipinski definition) is 1. The summed E-state index contributed by atoms with van der Waals surface area (Å²) in [4.78, 5) is 12.7. The molecule has 0 heterocycles. The summed E-state index contributed by atoms with van der Waals surface area (Å²) >= 11 is 11.9. The van der Waals surface area contributed by atoms with Crippen LogP contribution in [-0.4, -0.2) is 12.5 Å². The second-order valence-corrected chi connectivity index (χ2v) is 9.76. The molecule has 1 amide bonds. The molecule has 3 rings (SSSR count). The van der Waals surface area contributed by atoms with Crippen LogP contribution >= 0.6 is 50.1 Å². The van der Waals surface area contributed by atoms with Crippen molar-refractivity contribution < 1.29 is 14.3 Å². The Hall–Kier alpha value is -2.54. The first-order chi connectivity index (χ1) is 16.3. The van der Waals surface area contributed by atoms with E-state index in [9.17, 15) is 10.1 Å². The Bertz CT molecular complexity index is 1270. The van der Waals surface area contributed by atoms with Gasteiger partial charge in [-0.15, -0.1) is 0 Å². The average Bonchev–Trinajstić information content (AvgIpc) is 2.81. The summed E-state index contributed by atoms with van der Waals surface area (Å²) in [6.07, 6.45) is 1.50. The zero-order valence-electron chi connectivity index (χ0n) is 18.5. The molecule has 0 spiro atoms. The highest BCUT2D eigenvalue weighted by Crippen LogP contribution is 2.35. The number of benzene rings is 3. The fourth-order valence-electron chi connectivity index (χ4n) is 2.96. The minimum atomic E-state index is -0.536. The highest BCUT2D eigenvalue weighted by molar-refractivity contribution is 14.1. The topological polar surface area (TPSA) is 71.3 Å². The first kappa shape index (κ1) is 26.1. The highest BCUT2D eigenvalue weighted by Gasteiger charge is 2.15. The van der Waals surface area contributed by atoms with Gasteiger partial charge in [0.05, 0.1) is 6.61 Å². The molecule has 0 bridgehead atoms. The smallest absolute Gasteiger partial charge is 0.266 e. The van der Waals surface area contributed by atoms with Gasteiger partial charge in [0.2, 0.25) is 0 Å². The molecule has 3 aromatic carbocycles. The van der Waals surface area contributed by atoms with Gasteiger partial charge in [0.1, 0.15) is 18.2 Å². The van der Waals surface area contributed by atoms with Crippen molar-refractivity contribution in [2.45, 2.75) is 20.5 Å². The van der Waals surface area contributed by atoms with E-state index in [1.54, 1.807) is 30.3 Å². The van der Waals surface area contributed by atoms with Gasteiger partial charge in [-0.1, -0.05) is 45.7 Å². The molecule has 0 aliphatic rings. The number of nitrogens with zero attached hydrogens (tertiary/aromatic N) is 1. The van der Waals surface area contributed by atoms with Crippen molar-refractivity contribution in [1.29, 1.82) is 5.26 Å². The number of halogens is 3. The summed E-state index contributed by atoms with van der Waals surface area (Å²) in [6, 6.07) is 18.7. The van der Waals surface area contributed by atoms with Gasteiger partial charge >= 0.3 is 0 Å². The predicted octanol–water partition coefficient (Wildman–Crippen LogP) is 7.54. The van der Waals surface area contributed by atoms with E-state index in [0.717, 1.165) is 14.7 Å². The number of carbonyl (C=O) groups is 1. The van der Waals surface area contributed by atoms with Gasteiger partial charge in [-0.05, 0) is 95.6 Å². The SMILES string of the molecule is CCOc1cc(/C=C(/C#N)C(=O)Nc2ccc(C)c(Cl)c2)c(Br)cc1OCc1ccc(I)cc1. The number of ether oxygens (including phenoxy) is 2. The van der Waals surface area contributed by atoms with E-state index < -0.39 is 5.91 Å². The number of rotatable bonds is 8. The Morgan fingerprint density at radius 2 is 1.85 bits per heavy atom. The molecular formula is C26H21BrClIN2O3. The summed E-state index contributed by atoms with van der Waals surface area (Å²) in [7, 11) is 0. The van der Waals surface area contributed by atoms with Gasteiger partial charge in [-0.25, -0.2) is 0 Å². The molecule has 34 heavy (non-hydrogen) atoms. The summed E-state index contributed by atoms with van der Waals surface area (Å²) in [6.45, 7) is 4.56. The van der Waals surface area contributed by atoms with Gasteiger partial charge < -0.3 is 14.8 Å². The quantitative estimate of drug-likeness (QED) is 0.155. The Labute approximate surface area is 226 Å². The molecule has 0 saturated carbocycles. The maximum absolute atomic E-state index is 12.7. The number of nitrogens with one attached hydrogen (secondary N) is 1. The first-order valence-corrected chi connectivity index (χ1v) is 12.6.